The van der Waals surface area contributed by atoms with Gasteiger partial charge in [0.25, 0.3) is 0 Å². The molecule has 0 atom stereocenters. The van der Waals surface area contributed by atoms with E-state index in [0.29, 0.717) is 0 Å². The molecule has 0 aliphatic heterocycles. The Morgan fingerprint density at radius 1 is 1.50 bits per heavy atom. The lowest BCUT2D eigenvalue weighted by molar-refractivity contribution is 0.112. The first-order valence-corrected chi connectivity index (χ1v) is 5.28. The second kappa shape index (κ2) is 5.09. The van der Waals surface area contributed by atoms with Crippen LogP contribution in [0.1, 0.15) is 41.4 Å². The van der Waals surface area contributed by atoms with Crippen molar-refractivity contribution in [1.29, 1.82) is 0 Å². The monoisotopic (exact) mass is 182 g/mol. The van der Waals surface area contributed by atoms with Crippen LogP contribution < -0.4 is 0 Å². The topological polar surface area (TPSA) is 17.1 Å². The fourth-order valence-electron chi connectivity index (χ4n) is 1.22. The van der Waals surface area contributed by atoms with Crippen LogP contribution in [-0.4, -0.2) is 6.29 Å². The van der Waals surface area contributed by atoms with Crippen LogP contribution in [0.3, 0.4) is 0 Å². The van der Waals surface area contributed by atoms with Crippen molar-refractivity contribution in [2.75, 3.05) is 0 Å². The first-order valence-electron chi connectivity index (χ1n) is 4.40. The lowest BCUT2D eigenvalue weighted by Crippen LogP contribution is -1.86. The molecule has 1 aromatic heterocycles. The number of unbranched alkanes of at least 4 members (excludes halogenated alkanes) is 2. The average Bonchev–Trinajstić information content (AvgIpc) is 2.52. The van der Waals surface area contributed by atoms with Crippen molar-refractivity contribution in [1.82, 2.24) is 0 Å². The molecule has 0 amide bonds. The Bertz CT molecular complexity index is 240. The minimum absolute atomic E-state index is 0.908. The molecule has 1 nitrogen and oxygen atoms in total. The van der Waals surface area contributed by atoms with Gasteiger partial charge < -0.3 is 0 Å². The summed E-state index contributed by atoms with van der Waals surface area (Å²) in [5.74, 6) is 0. The van der Waals surface area contributed by atoms with Gasteiger partial charge in [-0.3, -0.25) is 4.79 Å². The first-order chi connectivity index (χ1) is 5.88. The van der Waals surface area contributed by atoms with Gasteiger partial charge in [-0.1, -0.05) is 19.8 Å². The Labute approximate surface area is 77.4 Å². The summed E-state index contributed by atoms with van der Waals surface area (Å²) in [6, 6.07) is 2.06. The Hall–Kier alpha value is -0.630. The number of aryl methyl sites for hydroxylation is 1. The normalized spacial score (nSPS) is 10.1. The van der Waals surface area contributed by atoms with Gasteiger partial charge >= 0.3 is 0 Å². The number of aldehydes is 1. The first kappa shape index (κ1) is 9.46. The van der Waals surface area contributed by atoms with E-state index in [-0.39, 0.29) is 0 Å². The third kappa shape index (κ3) is 2.45. The summed E-state index contributed by atoms with van der Waals surface area (Å²) in [5, 5.41) is 1.99. The van der Waals surface area contributed by atoms with E-state index in [0.717, 1.165) is 17.6 Å². The summed E-state index contributed by atoms with van der Waals surface area (Å²) in [5.41, 5.74) is 1.23. The number of carbonyl (C=O) groups is 1. The number of rotatable bonds is 5. The van der Waals surface area contributed by atoms with E-state index in [9.17, 15) is 4.79 Å². The molecule has 1 rings (SSSR count). The van der Waals surface area contributed by atoms with Gasteiger partial charge in [0.1, 0.15) is 0 Å². The summed E-state index contributed by atoms with van der Waals surface area (Å²) in [6.07, 6.45) is 5.72. The van der Waals surface area contributed by atoms with E-state index in [1.165, 1.54) is 36.2 Å². The third-order valence-electron chi connectivity index (χ3n) is 1.94. The zero-order chi connectivity index (χ0) is 8.81. The zero-order valence-electron chi connectivity index (χ0n) is 7.38. The maximum absolute atomic E-state index is 10.5. The van der Waals surface area contributed by atoms with Gasteiger partial charge in [-0.15, -0.1) is 11.3 Å². The fraction of sp³-hybridized carbons (Fsp3) is 0.500. The van der Waals surface area contributed by atoms with Gasteiger partial charge in [-0.2, -0.15) is 0 Å². The molecule has 0 aliphatic carbocycles. The van der Waals surface area contributed by atoms with Gasteiger partial charge in [0.2, 0.25) is 0 Å². The van der Waals surface area contributed by atoms with Crippen molar-refractivity contribution in [2.45, 2.75) is 32.6 Å². The van der Waals surface area contributed by atoms with Crippen LogP contribution in [0.5, 0.6) is 0 Å². The van der Waals surface area contributed by atoms with E-state index < -0.39 is 0 Å². The molecule has 0 aliphatic rings. The molecule has 12 heavy (non-hydrogen) atoms. The van der Waals surface area contributed by atoms with Gasteiger partial charge in [0.05, 0.1) is 4.88 Å². The van der Waals surface area contributed by atoms with Crippen LogP contribution in [0, 0.1) is 0 Å². The highest BCUT2D eigenvalue weighted by molar-refractivity contribution is 7.11. The second-order valence-electron chi connectivity index (χ2n) is 2.89. The molecule has 0 bridgehead atoms. The van der Waals surface area contributed by atoms with Crippen LogP contribution >= 0.6 is 11.3 Å². The van der Waals surface area contributed by atoms with Crippen LogP contribution in [0.4, 0.5) is 0 Å². The Morgan fingerprint density at radius 3 is 3.00 bits per heavy atom. The van der Waals surface area contributed by atoms with Crippen LogP contribution in [0.15, 0.2) is 11.4 Å². The molecule has 0 radical (unpaired) electrons. The molecule has 0 saturated carbocycles. The molecular formula is C10H14OS. The molecule has 0 aromatic carbocycles. The fourth-order valence-corrected chi connectivity index (χ4v) is 1.98. The van der Waals surface area contributed by atoms with Crippen LogP contribution in [-0.2, 0) is 6.42 Å². The van der Waals surface area contributed by atoms with E-state index in [1.807, 2.05) is 5.38 Å². The molecule has 1 aromatic rings. The molecule has 0 saturated heterocycles. The smallest absolute Gasteiger partial charge is 0.160 e. The second-order valence-corrected chi connectivity index (χ2v) is 3.83. The molecule has 0 fully saturated rings. The predicted octanol–water partition coefficient (Wildman–Crippen LogP) is 3.29. The Morgan fingerprint density at radius 2 is 2.33 bits per heavy atom. The molecule has 0 unspecified atom stereocenters. The maximum Gasteiger partial charge on any atom is 0.160 e. The SMILES string of the molecule is CCCCCc1ccsc1C=O. The van der Waals surface area contributed by atoms with Crippen LogP contribution in [0.2, 0.25) is 0 Å². The molecule has 0 spiro atoms. The summed E-state index contributed by atoms with van der Waals surface area (Å²) in [7, 11) is 0. The molecular weight excluding hydrogens is 168 g/mol. The highest BCUT2D eigenvalue weighted by Crippen LogP contribution is 2.16. The highest BCUT2D eigenvalue weighted by Gasteiger charge is 2.01. The summed E-state index contributed by atoms with van der Waals surface area (Å²) >= 11 is 1.54. The Balaban J connectivity index is 2.45. The van der Waals surface area contributed by atoms with E-state index in [4.69, 9.17) is 0 Å². The minimum Gasteiger partial charge on any atom is -0.297 e. The van der Waals surface area contributed by atoms with E-state index in [2.05, 4.69) is 13.0 Å². The van der Waals surface area contributed by atoms with Crippen LogP contribution in [0.25, 0.3) is 0 Å². The summed E-state index contributed by atoms with van der Waals surface area (Å²) in [4.78, 5) is 11.4. The number of hydrogen-bond acceptors (Lipinski definition) is 2. The largest absolute Gasteiger partial charge is 0.297 e. The van der Waals surface area contributed by atoms with Gasteiger partial charge in [0.15, 0.2) is 6.29 Å². The van der Waals surface area contributed by atoms with Crippen molar-refractivity contribution < 1.29 is 4.79 Å². The lowest BCUT2D eigenvalue weighted by atomic mass is 10.1. The molecule has 2 heteroatoms. The summed E-state index contributed by atoms with van der Waals surface area (Å²) in [6.45, 7) is 2.19. The van der Waals surface area contributed by atoms with Crippen molar-refractivity contribution in [3.8, 4) is 0 Å². The van der Waals surface area contributed by atoms with Crippen molar-refractivity contribution in [2.24, 2.45) is 0 Å². The molecule has 1 heterocycles. The number of hydrogen-bond donors (Lipinski definition) is 0. The zero-order valence-corrected chi connectivity index (χ0v) is 8.19. The standard InChI is InChI=1S/C10H14OS/c1-2-3-4-5-9-6-7-12-10(9)8-11/h6-8H,2-5H2,1H3. The van der Waals surface area contributed by atoms with E-state index >= 15 is 0 Å². The third-order valence-corrected chi connectivity index (χ3v) is 2.82. The molecule has 66 valence electrons. The maximum atomic E-state index is 10.5. The highest BCUT2D eigenvalue weighted by atomic mass is 32.1. The molecule has 0 N–H and O–H groups in total. The van der Waals surface area contributed by atoms with Crippen molar-refractivity contribution in [3.63, 3.8) is 0 Å². The predicted molar refractivity (Wildman–Crippen MR) is 52.9 cm³/mol. The Kier molecular flexibility index (Phi) is 4.01. The average molecular weight is 182 g/mol. The number of carbonyl (C=O) groups excluding carboxylic acids is 1. The van der Waals surface area contributed by atoms with Crippen molar-refractivity contribution in [3.05, 3.63) is 21.9 Å². The van der Waals surface area contributed by atoms with Gasteiger partial charge in [-0.25, -0.2) is 0 Å². The van der Waals surface area contributed by atoms with Gasteiger partial charge in [-0.05, 0) is 29.9 Å². The van der Waals surface area contributed by atoms with E-state index in [1.54, 1.807) is 0 Å². The number of thiophene rings is 1. The lowest BCUT2D eigenvalue weighted by Gasteiger charge is -1.96. The minimum atomic E-state index is 0.908. The van der Waals surface area contributed by atoms with Gasteiger partial charge in [0, 0.05) is 0 Å². The quantitative estimate of drug-likeness (QED) is 0.504. The summed E-state index contributed by atoms with van der Waals surface area (Å²) < 4.78 is 0. The van der Waals surface area contributed by atoms with Crippen molar-refractivity contribution >= 4 is 17.6 Å².